The van der Waals surface area contributed by atoms with E-state index in [1.807, 2.05) is 6.07 Å². The fourth-order valence-electron chi connectivity index (χ4n) is 1.02. The maximum Gasteiger partial charge on any atom is 0.339 e. The van der Waals surface area contributed by atoms with Crippen LogP contribution in [0.25, 0.3) is 0 Å². The van der Waals surface area contributed by atoms with Crippen LogP contribution in [-0.2, 0) is 4.74 Å². The normalized spacial score (nSPS) is 9.47. The molecule has 0 saturated heterocycles. The maximum absolute atomic E-state index is 11.4. The number of rotatable bonds is 2. The zero-order valence-corrected chi connectivity index (χ0v) is 9.60. The van der Waals surface area contributed by atoms with Crippen molar-refractivity contribution in [1.82, 2.24) is 0 Å². The van der Waals surface area contributed by atoms with E-state index in [4.69, 9.17) is 21.6 Å². The number of ether oxygens (including phenoxy) is 1. The standard InChI is InChI=1S/C10H8ClNO2S/c1-2-14-10(13)7-4-3-6(5-12)9(15)8(7)11/h3-4,15H,2H2,1H3. The van der Waals surface area contributed by atoms with Gasteiger partial charge in [-0.2, -0.15) is 5.26 Å². The largest absolute Gasteiger partial charge is 0.462 e. The molecule has 0 atom stereocenters. The first-order valence-electron chi connectivity index (χ1n) is 4.20. The second-order valence-corrected chi connectivity index (χ2v) is 3.48. The first-order chi connectivity index (χ1) is 7.11. The first-order valence-corrected chi connectivity index (χ1v) is 5.03. The Balaban J connectivity index is 3.19. The number of thiol groups is 1. The summed E-state index contributed by atoms with van der Waals surface area (Å²) in [5.74, 6) is -0.512. The summed E-state index contributed by atoms with van der Waals surface area (Å²) in [6.45, 7) is 1.98. The highest BCUT2D eigenvalue weighted by atomic mass is 35.5. The minimum Gasteiger partial charge on any atom is -0.462 e. The Kier molecular flexibility index (Phi) is 4.01. The van der Waals surface area contributed by atoms with Crippen LogP contribution >= 0.6 is 24.2 Å². The van der Waals surface area contributed by atoms with Crippen molar-refractivity contribution < 1.29 is 9.53 Å². The molecular weight excluding hydrogens is 234 g/mol. The zero-order chi connectivity index (χ0) is 11.4. The summed E-state index contributed by atoms with van der Waals surface area (Å²) >= 11 is 9.94. The van der Waals surface area contributed by atoms with Gasteiger partial charge in [-0.05, 0) is 19.1 Å². The monoisotopic (exact) mass is 241 g/mol. The van der Waals surface area contributed by atoms with Crippen molar-refractivity contribution in [2.24, 2.45) is 0 Å². The van der Waals surface area contributed by atoms with E-state index in [1.165, 1.54) is 12.1 Å². The highest BCUT2D eigenvalue weighted by Crippen LogP contribution is 2.28. The van der Waals surface area contributed by atoms with E-state index in [0.29, 0.717) is 10.5 Å². The van der Waals surface area contributed by atoms with E-state index in [0.717, 1.165) is 0 Å². The third-order valence-corrected chi connectivity index (χ3v) is 2.72. The lowest BCUT2D eigenvalue weighted by Gasteiger charge is -2.06. The summed E-state index contributed by atoms with van der Waals surface area (Å²) in [5.41, 5.74) is 0.555. The Morgan fingerprint density at radius 3 is 2.87 bits per heavy atom. The molecule has 0 fully saturated rings. The van der Waals surface area contributed by atoms with Crippen LogP contribution in [0.5, 0.6) is 0 Å². The van der Waals surface area contributed by atoms with Gasteiger partial charge in [0.15, 0.2) is 0 Å². The molecule has 0 unspecified atom stereocenters. The third-order valence-electron chi connectivity index (χ3n) is 1.73. The van der Waals surface area contributed by atoms with Crippen LogP contribution in [0.3, 0.4) is 0 Å². The van der Waals surface area contributed by atoms with Crippen molar-refractivity contribution in [3.63, 3.8) is 0 Å². The van der Waals surface area contributed by atoms with E-state index in [-0.39, 0.29) is 17.2 Å². The average molecular weight is 242 g/mol. The topological polar surface area (TPSA) is 50.1 Å². The van der Waals surface area contributed by atoms with Crippen molar-refractivity contribution in [2.45, 2.75) is 11.8 Å². The van der Waals surface area contributed by atoms with Gasteiger partial charge in [-0.1, -0.05) is 11.6 Å². The molecule has 0 aliphatic heterocycles. The summed E-state index contributed by atoms with van der Waals surface area (Å²) in [6, 6.07) is 4.86. The van der Waals surface area contributed by atoms with Crippen molar-refractivity contribution in [3.05, 3.63) is 28.3 Å². The Hall–Kier alpha value is -1.18. The number of carbonyl (C=O) groups excluding carboxylic acids is 1. The number of hydrogen-bond donors (Lipinski definition) is 1. The molecule has 0 spiro atoms. The Labute approximate surface area is 98.0 Å². The molecule has 0 amide bonds. The quantitative estimate of drug-likeness (QED) is 0.640. The van der Waals surface area contributed by atoms with Crippen molar-refractivity contribution >= 4 is 30.2 Å². The number of nitrogens with zero attached hydrogens (tertiary/aromatic N) is 1. The molecule has 15 heavy (non-hydrogen) atoms. The number of hydrogen-bond acceptors (Lipinski definition) is 4. The van der Waals surface area contributed by atoms with Gasteiger partial charge in [-0.3, -0.25) is 0 Å². The number of esters is 1. The van der Waals surface area contributed by atoms with Gasteiger partial charge in [0.1, 0.15) is 6.07 Å². The summed E-state index contributed by atoms with van der Waals surface area (Å²) in [7, 11) is 0. The highest BCUT2D eigenvalue weighted by Gasteiger charge is 2.15. The molecule has 1 aromatic rings. The predicted molar refractivity (Wildman–Crippen MR) is 59.4 cm³/mol. The van der Waals surface area contributed by atoms with Gasteiger partial charge in [0, 0.05) is 4.90 Å². The second-order valence-electron chi connectivity index (χ2n) is 2.66. The fourth-order valence-corrected chi connectivity index (χ4v) is 1.51. The smallest absolute Gasteiger partial charge is 0.339 e. The van der Waals surface area contributed by atoms with Crippen LogP contribution in [-0.4, -0.2) is 12.6 Å². The fraction of sp³-hybridized carbons (Fsp3) is 0.200. The Morgan fingerprint density at radius 2 is 2.33 bits per heavy atom. The van der Waals surface area contributed by atoms with E-state index in [1.54, 1.807) is 6.92 Å². The number of benzene rings is 1. The minimum atomic E-state index is -0.512. The molecule has 0 saturated carbocycles. The zero-order valence-electron chi connectivity index (χ0n) is 7.95. The van der Waals surface area contributed by atoms with Gasteiger partial charge in [0.25, 0.3) is 0 Å². The summed E-state index contributed by atoms with van der Waals surface area (Å²) in [4.78, 5) is 11.7. The van der Waals surface area contributed by atoms with Gasteiger partial charge in [-0.25, -0.2) is 4.79 Å². The van der Waals surface area contributed by atoms with Crippen LogP contribution in [0, 0.1) is 11.3 Å². The van der Waals surface area contributed by atoms with Gasteiger partial charge < -0.3 is 4.74 Å². The van der Waals surface area contributed by atoms with E-state index >= 15 is 0 Å². The Morgan fingerprint density at radius 1 is 1.67 bits per heavy atom. The first kappa shape index (κ1) is 11.9. The van der Waals surface area contributed by atoms with Crippen LogP contribution in [0.4, 0.5) is 0 Å². The van der Waals surface area contributed by atoms with E-state index < -0.39 is 5.97 Å². The molecule has 78 valence electrons. The molecule has 0 aliphatic rings. The number of halogens is 1. The van der Waals surface area contributed by atoms with Crippen molar-refractivity contribution in [2.75, 3.05) is 6.61 Å². The number of nitriles is 1. The van der Waals surface area contributed by atoms with E-state index in [2.05, 4.69) is 12.6 Å². The molecule has 0 aromatic heterocycles. The van der Waals surface area contributed by atoms with Crippen LogP contribution < -0.4 is 0 Å². The summed E-state index contributed by atoms with van der Waals surface area (Å²) in [5, 5.41) is 8.85. The molecule has 0 heterocycles. The van der Waals surface area contributed by atoms with Gasteiger partial charge in [0.05, 0.1) is 22.8 Å². The van der Waals surface area contributed by atoms with E-state index in [9.17, 15) is 4.79 Å². The summed E-state index contributed by atoms with van der Waals surface area (Å²) in [6.07, 6.45) is 0. The summed E-state index contributed by atoms with van der Waals surface area (Å²) < 4.78 is 4.80. The highest BCUT2D eigenvalue weighted by molar-refractivity contribution is 7.80. The Bertz CT molecular complexity index is 440. The van der Waals surface area contributed by atoms with Crippen molar-refractivity contribution in [3.8, 4) is 6.07 Å². The van der Waals surface area contributed by atoms with Crippen LogP contribution in [0.15, 0.2) is 17.0 Å². The third kappa shape index (κ3) is 2.44. The molecule has 0 bridgehead atoms. The van der Waals surface area contributed by atoms with Gasteiger partial charge in [0.2, 0.25) is 0 Å². The number of carbonyl (C=O) groups is 1. The average Bonchev–Trinajstić information content (AvgIpc) is 2.22. The lowest BCUT2D eigenvalue weighted by Crippen LogP contribution is -2.06. The molecule has 1 aromatic carbocycles. The lowest BCUT2D eigenvalue weighted by molar-refractivity contribution is 0.0526. The molecule has 3 nitrogen and oxygen atoms in total. The molecular formula is C10H8ClNO2S. The molecule has 0 radical (unpaired) electrons. The molecule has 0 aliphatic carbocycles. The lowest BCUT2D eigenvalue weighted by atomic mass is 10.1. The minimum absolute atomic E-state index is 0.149. The van der Waals surface area contributed by atoms with Crippen molar-refractivity contribution in [1.29, 1.82) is 5.26 Å². The van der Waals surface area contributed by atoms with Gasteiger partial charge in [-0.15, -0.1) is 12.6 Å². The van der Waals surface area contributed by atoms with Crippen LogP contribution in [0.1, 0.15) is 22.8 Å². The second kappa shape index (κ2) is 5.06. The SMILES string of the molecule is CCOC(=O)c1ccc(C#N)c(S)c1Cl. The molecule has 0 N–H and O–H groups in total. The molecule has 1 rings (SSSR count). The van der Waals surface area contributed by atoms with Crippen LogP contribution in [0.2, 0.25) is 5.02 Å². The maximum atomic E-state index is 11.4. The molecule has 5 heteroatoms. The van der Waals surface area contributed by atoms with Gasteiger partial charge >= 0.3 is 5.97 Å². The predicted octanol–water partition coefficient (Wildman–Crippen LogP) is 2.68.